The van der Waals surface area contributed by atoms with Crippen LogP contribution in [0.2, 0.25) is 5.02 Å². The second-order valence-corrected chi connectivity index (χ2v) is 5.00. The number of methoxy groups -OCH3 is 1. The topological polar surface area (TPSA) is 90.3 Å². The van der Waals surface area contributed by atoms with Crippen molar-refractivity contribution in [3.8, 4) is 5.75 Å². The number of aliphatic carboxylic acids is 1. The van der Waals surface area contributed by atoms with E-state index in [2.05, 4.69) is 0 Å². The van der Waals surface area contributed by atoms with E-state index in [0.29, 0.717) is 16.5 Å². The molecular weight excluding hydrogens is 300 g/mol. The summed E-state index contributed by atoms with van der Waals surface area (Å²) < 4.78 is 5.12. The molecule has 21 heavy (non-hydrogen) atoms. The smallest absolute Gasteiger partial charge is 0.407 e. The number of carboxylic acid groups (broad SMARTS) is 2. The van der Waals surface area contributed by atoms with Crippen LogP contribution in [0.3, 0.4) is 0 Å². The molecule has 1 atom stereocenters. The number of carboxylic acids is 1. The SMILES string of the molecule is COc1cc(N2CCN(C(=O)O)CC2C(=O)O)ccc1Cl. The van der Waals surface area contributed by atoms with Gasteiger partial charge in [-0.1, -0.05) is 11.6 Å². The first kappa shape index (κ1) is 15.2. The van der Waals surface area contributed by atoms with Crippen molar-refractivity contribution in [1.82, 2.24) is 4.90 Å². The molecule has 8 heteroatoms. The summed E-state index contributed by atoms with van der Waals surface area (Å²) in [6.07, 6.45) is -1.12. The van der Waals surface area contributed by atoms with Crippen LogP contribution in [0.5, 0.6) is 5.75 Å². The van der Waals surface area contributed by atoms with Crippen LogP contribution in [0.15, 0.2) is 18.2 Å². The molecular formula is C13H15ClN2O5. The van der Waals surface area contributed by atoms with Crippen LogP contribution >= 0.6 is 11.6 Å². The highest BCUT2D eigenvalue weighted by atomic mass is 35.5. The zero-order valence-corrected chi connectivity index (χ0v) is 12.1. The molecule has 1 heterocycles. The Morgan fingerprint density at radius 1 is 1.33 bits per heavy atom. The summed E-state index contributed by atoms with van der Waals surface area (Å²) in [5, 5.41) is 18.8. The predicted octanol–water partition coefficient (Wildman–Crippen LogP) is 1.60. The molecule has 2 N–H and O–H groups in total. The summed E-state index contributed by atoms with van der Waals surface area (Å²) in [5.74, 6) is -0.631. The first-order valence-corrected chi connectivity index (χ1v) is 6.62. The minimum absolute atomic E-state index is 0.0877. The molecule has 0 radical (unpaired) electrons. The number of anilines is 1. The van der Waals surface area contributed by atoms with Crippen LogP contribution in [-0.2, 0) is 4.79 Å². The van der Waals surface area contributed by atoms with Gasteiger partial charge in [0.25, 0.3) is 0 Å². The molecule has 1 fully saturated rings. The summed E-state index contributed by atoms with van der Waals surface area (Å²) in [5.41, 5.74) is 0.633. The Labute approximate surface area is 126 Å². The van der Waals surface area contributed by atoms with Crippen molar-refractivity contribution >= 4 is 29.4 Å². The number of nitrogens with zero attached hydrogens (tertiary/aromatic N) is 2. The molecule has 1 aliphatic heterocycles. The van der Waals surface area contributed by atoms with Crippen LogP contribution < -0.4 is 9.64 Å². The Morgan fingerprint density at radius 2 is 2.05 bits per heavy atom. The lowest BCUT2D eigenvalue weighted by Gasteiger charge is -2.39. The molecule has 0 bridgehead atoms. The first-order valence-electron chi connectivity index (χ1n) is 6.25. The lowest BCUT2D eigenvalue weighted by atomic mass is 10.1. The number of hydrogen-bond acceptors (Lipinski definition) is 4. The zero-order chi connectivity index (χ0) is 15.6. The highest BCUT2D eigenvalue weighted by molar-refractivity contribution is 6.32. The summed E-state index contributed by atoms with van der Waals surface area (Å²) in [6.45, 7) is 0.438. The number of rotatable bonds is 3. The van der Waals surface area contributed by atoms with Crippen LogP contribution in [0.1, 0.15) is 0 Å². The van der Waals surface area contributed by atoms with Crippen LogP contribution in [0.25, 0.3) is 0 Å². The molecule has 0 aliphatic carbocycles. The van der Waals surface area contributed by atoms with Gasteiger partial charge in [0, 0.05) is 24.8 Å². The van der Waals surface area contributed by atoms with Gasteiger partial charge in [0.1, 0.15) is 11.8 Å². The standard InChI is InChI=1S/C13H15ClN2O5/c1-21-11-6-8(2-3-9(11)14)16-5-4-15(13(19)20)7-10(16)12(17)18/h2-3,6,10H,4-5,7H2,1H3,(H,17,18)(H,19,20). The summed E-state index contributed by atoms with van der Waals surface area (Å²) in [6, 6.07) is 4.02. The second-order valence-electron chi connectivity index (χ2n) is 4.59. The number of carbonyl (C=O) groups is 2. The van der Waals surface area contributed by atoms with E-state index >= 15 is 0 Å². The third-order valence-corrected chi connectivity index (χ3v) is 3.71. The van der Waals surface area contributed by atoms with Crippen molar-refractivity contribution in [3.63, 3.8) is 0 Å². The maximum Gasteiger partial charge on any atom is 0.407 e. The van der Waals surface area contributed by atoms with E-state index in [1.54, 1.807) is 23.1 Å². The Balaban J connectivity index is 2.29. The molecule has 7 nitrogen and oxygen atoms in total. The number of ether oxygens (including phenoxy) is 1. The first-order chi connectivity index (χ1) is 9.93. The average Bonchev–Trinajstić information content (AvgIpc) is 2.47. The maximum absolute atomic E-state index is 11.4. The van der Waals surface area contributed by atoms with E-state index in [0.717, 1.165) is 4.90 Å². The fourth-order valence-electron chi connectivity index (χ4n) is 2.30. The van der Waals surface area contributed by atoms with E-state index < -0.39 is 18.1 Å². The minimum Gasteiger partial charge on any atom is -0.495 e. The molecule has 1 aromatic rings. The minimum atomic E-state index is -1.12. The fraction of sp³-hybridized carbons (Fsp3) is 0.385. The monoisotopic (exact) mass is 314 g/mol. The zero-order valence-electron chi connectivity index (χ0n) is 11.3. The third kappa shape index (κ3) is 3.13. The van der Waals surface area contributed by atoms with Crippen molar-refractivity contribution in [2.75, 3.05) is 31.6 Å². The number of halogens is 1. The normalized spacial score (nSPS) is 18.5. The van der Waals surface area contributed by atoms with Gasteiger partial charge < -0.3 is 24.7 Å². The lowest BCUT2D eigenvalue weighted by molar-refractivity contribution is -0.139. The Morgan fingerprint density at radius 3 is 2.62 bits per heavy atom. The molecule has 1 amide bonds. The summed E-state index contributed by atoms with van der Waals surface area (Å²) >= 11 is 5.95. The lowest BCUT2D eigenvalue weighted by Crippen LogP contribution is -2.57. The Bertz CT molecular complexity index is 565. The summed E-state index contributed by atoms with van der Waals surface area (Å²) in [7, 11) is 1.47. The van der Waals surface area contributed by atoms with Gasteiger partial charge in [0.05, 0.1) is 18.7 Å². The summed E-state index contributed by atoms with van der Waals surface area (Å²) in [4.78, 5) is 25.1. The molecule has 0 spiro atoms. The van der Waals surface area contributed by atoms with Crippen molar-refractivity contribution in [2.45, 2.75) is 6.04 Å². The van der Waals surface area contributed by atoms with Crippen molar-refractivity contribution in [1.29, 1.82) is 0 Å². The van der Waals surface area contributed by atoms with E-state index in [-0.39, 0.29) is 19.6 Å². The van der Waals surface area contributed by atoms with E-state index in [1.807, 2.05) is 0 Å². The second kappa shape index (κ2) is 6.09. The molecule has 114 valence electrons. The Kier molecular flexibility index (Phi) is 4.42. The van der Waals surface area contributed by atoms with Gasteiger partial charge in [-0.25, -0.2) is 9.59 Å². The average molecular weight is 315 g/mol. The number of amides is 1. The maximum atomic E-state index is 11.4. The quantitative estimate of drug-likeness (QED) is 0.880. The molecule has 1 unspecified atom stereocenters. The van der Waals surface area contributed by atoms with E-state index in [1.165, 1.54) is 7.11 Å². The van der Waals surface area contributed by atoms with Crippen molar-refractivity contribution in [3.05, 3.63) is 23.2 Å². The molecule has 1 saturated heterocycles. The molecule has 0 aromatic heterocycles. The van der Waals surface area contributed by atoms with Gasteiger partial charge in [-0.05, 0) is 12.1 Å². The Hall–Kier alpha value is -2.15. The molecule has 0 saturated carbocycles. The van der Waals surface area contributed by atoms with Gasteiger partial charge in [-0.3, -0.25) is 0 Å². The number of hydrogen-bond donors (Lipinski definition) is 2. The number of piperazine rings is 1. The van der Waals surface area contributed by atoms with Crippen molar-refractivity contribution < 1.29 is 24.5 Å². The molecule has 1 aromatic carbocycles. The van der Waals surface area contributed by atoms with Gasteiger partial charge in [-0.2, -0.15) is 0 Å². The molecule has 2 rings (SSSR count). The predicted molar refractivity (Wildman–Crippen MR) is 76.4 cm³/mol. The van der Waals surface area contributed by atoms with Gasteiger partial charge in [0.15, 0.2) is 0 Å². The van der Waals surface area contributed by atoms with Crippen LogP contribution in [0, 0.1) is 0 Å². The van der Waals surface area contributed by atoms with E-state index in [4.69, 9.17) is 21.4 Å². The van der Waals surface area contributed by atoms with E-state index in [9.17, 15) is 14.7 Å². The number of benzene rings is 1. The largest absolute Gasteiger partial charge is 0.495 e. The van der Waals surface area contributed by atoms with Crippen LogP contribution in [-0.4, -0.2) is 60.0 Å². The highest BCUT2D eigenvalue weighted by Crippen LogP contribution is 2.31. The van der Waals surface area contributed by atoms with Crippen LogP contribution in [0.4, 0.5) is 10.5 Å². The van der Waals surface area contributed by atoms with Gasteiger partial charge >= 0.3 is 12.1 Å². The third-order valence-electron chi connectivity index (χ3n) is 3.40. The molecule has 1 aliphatic rings. The van der Waals surface area contributed by atoms with Crippen molar-refractivity contribution in [2.24, 2.45) is 0 Å². The van der Waals surface area contributed by atoms with Gasteiger partial charge in [0.2, 0.25) is 0 Å². The fourth-order valence-corrected chi connectivity index (χ4v) is 2.50. The van der Waals surface area contributed by atoms with Gasteiger partial charge in [-0.15, -0.1) is 0 Å². The highest BCUT2D eigenvalue weighted by Gasteiger charge is 2.34.